The molecule has 3 aromatic rings. The van der Waals surface area contributed by atoms with E-state index >= 15 is 0 Å². The summed E-state index contributed by atoms with van der Waals surface area (Å²) >= 11 is 1.58. The van der Waals surface area contributed by atoms with Gasteiger partial charge in [-0.1, -0.05) is 32.0 Å². The fraction of sp³-hybridized carbons (Fsp3) is 0.393. The molecule has 2 heterocycles. The minimum atomic E-state index is -0.736. The predicted octanol–water partition coefficient (Wildman–Crippen LogP) is 5.26. The molecular weight excluding hydrogens is 474 g/mol. The van der Waals surface area contributed by atoms with E-state index in [4.69, 9.17) is 14.5 Å². The molecule has 1 aliphatic heterocycles. The maximum absolute atomic E-state index is 13.5. The molecule has 1 aliphatic rings. The summed E-state index contributed by atoms with van der Waals surface area (Å²) in [4.78, 5) is 33.1. The van der Waals surface area contributed by atoms with Crippen molar-refractivity contribution in [2.45, 2.75) is 59.1 Å². The van der Waals surface area contributed by atoms with Crippen LogP contribution in [0.2, 0.25) is 0 Å². The number of thiazole rings is 1. The first-order valence-corrected chi connectivity index (χ1v) is 13.2. The van der Waals surface area contributed by atoms with Crippen LogP contribution < -0.4 is 15.0 Å². The number of aromatic nitrogens is 1. The highest BCUT2D eigenvalue weighted by atomic mass is 32.1. The number of ether oxygens (including phenoxy) is 2. The van der Waals surface area contributed by atoms with E-state index in [9.17, 15) is 9.59 Å². The standard InChI is InChI=1S/C28H33N3O4S/c1-6-19-9-8-10-20(7-2)26(19)30-27(32)17(3)31-23-15-21(11-12-24(23)35-18(4)28(31)33)22-16-36-25(29-22)13-14-34-5/h8-12,15-18H,6-7,13-14H2,1-5H3,(H,30,32). The molecule has 2 atom stereocenters. The first-order valence-electron chi connectivity index (χ1n) is 12.4. The molecule has 0 spiro atoms. The number of carbonyl (C=O) groups excluding carboxylic acids is 2. The number of amides is 2. The normalized spacial score (nSPS) is 15.9. The van der Waals surface area contributed by atoms with Crippen LogP contribution in [0.5, 0.6) is 5.75 Å². The van der Waals surface area contributed by atoms with Gasteiger partial charge in [0.05, 0.1) is 23.0 Å². The minimum Gasteiger partial charge on any atom is -0.479 e. The lowest BCUT2D eigenvalue weighted by Gasteiger charge is -2.36. The quantitative estimate of drug-likeness (QED) is 0.427. The van der Waals surface area contributed by atoms with Crippen molar-refractivity contribution in [1.29, 1.82) is 0 Å². The molecule has 7 nitrogen and oxygen atoms in total. The molecule has 0 aliphatic carbocycles. The Balaban J connectivity index is 1.66. The molecule has 1 aromatic heterocycles. The molecule has 36 heavy (non-hydrogen) atoms. The van der Waals surface area contributed by atoms with E-state index in [-0.39, 0.29) is 11.8 Å². The first kappa shape index (κ1) is 25.9. The van der Waals surface area contributed by atoms with Crippen molar-refractivity contribution in [3.63, 3.8) is 0 Å². The maximum atomic E-state index is 13.5. The average Bonchev–Trinajstić information content (AvgIpc) is 3.36. The van der Waals surface area contributed by atoms with E-state index in [1.54, 1.807) is 37.2 Å². The molecular formula is C28H33N3O4S. The van der Waals surface area contributed by atoms with Gasteiger partial charge in [0.1, 0.15) is 11.8 Å². The monoisotopic (exact) mass is 507 g/mol. The van der Waals surface area contributed by atoms with Crippen molar-refractivity contribution in [2.24, 2.45) is 0 Å². The van der Waals surface area contributed by atoms with Crippen LogP contribution >= 0.6 is 11.3 Å². The van der Waals surface area contributed by atoms with Gasteiger partial charge in [-0.05, 0) is 56.0 Å². The molecule has 2 unspecified atom stereocenters. The zero-order valence-corrected chi connectivity index (χ0v) is 22.3. The summed E-state index contributed by atoms with van der Waals surface area (Å²) in [6.07, 6.45) is 1.66. The van der Waals surface area contributed by atoms with Crippen LogP contribution in [0.25, 0.3) is 11.3 Å². The van der Waals surface area contributed by atoms with Crippen molar-refractivity contribution in [3.8, 4) is 17.0 Å². The van der Waals surface area contributed by atoms with E-state index < -0.39 is 12.1 Å². The second-order valence-electron chi connectivity index (χ2n) is 8.84. The molecule has 2 amide bonds. The van der Waals surface area contributed by atoms with E-state index in [1.165, 1.54) is 0 Å². The summed E-state index contributed by atoms with van der Waals surface area (Å²) in [5.74, 6) is 0.0873. The predicted molar refractivity (Wildman–Crippen MR) is 144 cm³/mol. The second-order valence-corrected chi connectivity index (χ2v) is 9.79. The highest BCUT2D eigenvalue weighted by Crippen LogP contribution is 2.39. The van der Waals surface area contributed by atoms with Gasteiger partial charge in [0.15, 0.2) is 6.10 Å². The van der Waals surface area contributed by atoms with Gasteiger partial charge in [0.25, 0.3) is 5.91 Å². The van der Waals surface area contributed by atoms with Crippen LogP contribution in [-0.2, 0) is 33.6 Å². The largest absolute Gasteiger partial charge is 0.479 e. The second kappa shape index (κ2) is 11.2. The van der Waals surface area contributed by atoms with Crippen molar-refractivity contribution in [2.75, 3.05) is 23.9 Å². The number of aryl methyl sites for hydroxylation is 2. The molecule has 0 fully saturated rings. The van der Waals surface area contributed by atoms with Crippen molar-refractivity contribution >= 4 is 34.5 Å². The number of rotatable bonds is 9. The zero-order chi connectivity index (χ0) is 25.8. The first-order chi connectivity index (χ1) is 17.4. The number of nitrogens with one attached hydrogen (secondary N) is 1. The Bertz CT molecular complexity index is 1230. The van der Waals surface area contributed by atoms with E-state index in [0.717, 1.165) is 52.3 Å². The fourth-order valence-corrected chi connectivity index (χ4v) is 5.20. The molecule has 0 bridgehead atoms. The highest BCUT2D eigenvalue weighted by Gasteiger charge is 2.37. The Morgan fingerprint density at radius 1 is 1.22 bits per heavy atom. The number of hydrogen-bond acceptors (Lipinski definition) is 6. The summed E-state index contributed by atoms with van der Waals surface area (Å²) in [6.45, 7) is 8.21. The van der Waals surface area contributed by atoms with Crippen LogP contribution in [0.4, 0.5) is 11.4 Å². The van der Waals surface area contributed by atoms with Gasteiger partial charge >= 0.3 is 0 Å². The van der Waals surface area contributed by atoms with Gasteiger partial charge < -0.3 is 14.8 Å². The van der Waals surface area contributed by atoms with Crippen LogP contribution in [0.3, 0.4) is 0 Å². The summed E-state index contributed by atoms with van der Waals surface area (Å²) in [7, 11) is 1.67. The number of carbonyl (C=O) groups is 2. The van der Waals surface area contributed by atoms with Gasteiger partial charge in [-0.15, -0.1) is 11.3 Å². The van der Waals surface area contributed by atoms with Gasteiger partial charge in [-0.2, -0.15) is 0 Å². The number of para-hydroxylation sites is 1. The Labute approximate surface area is 216 Å². The number of anilines is 2. The number of hydrogen-bond donors (Lipinski definition) is 1. The third-order valence-corrected chi connectivity index (χ3v) is 7.40. The summed E-state index contributed by atoms with van der Waals surface area (Å²) in [5.41, 5.74) is 5.25. The van der Waals surface area contributed by atoms with Gasteiger partial charge in [-0.25, -0.2) is 4.98 Å². The summed E-state index contributed by atoms with van der Waals surface area (Å²) in [6, 6.07) is 11.0. The number of nitrogens with zero attached hydrogens (tertiary/aromatic N) is 2. The summed E-state index contributed by atoms with van der Waals surface area (Å²) in [5, 5.41) is 6.10. The van der Waals surface area contributed by atoms with E-state index in [2.05, 4.69) is 19.2 Å². The van der Waals surface area contributed by atoms with Gasteiger partial charge in [0.2, 0.25) is 5.91 Å². The zero-order valence-electron chi connectivity index (χ0n) is 21.5. The summed E-state index contributed by atoms with van der Waals surface area (Å²) < 4.78 is 11.0. The Hall–Kier alpha value is -3.23. The third kappa shape index (κ3) is 5.15. The third-order valence-electron chi connectivity index (χ3n) is 6.49. The van der Waals surface area contributed by atoms with E-state index in [1.807, 2.05) is 41.8 Å². The SMILES string of the molecule is CCc1cccc(CC)c1NC(=O)C(C)N1C(=O)C(C)Oc2ccc(-c3csc(CCOC)n3)cc21. The lowest BCUT2D eigenvalue weighted by Crippen LogP contribution is -2.52. The lowest BCUT2D eigenvalue weighted by molar-refractivity contribution is -0.128. The van der Waals surface area contributed by atoms with Crippen LogP contribution in [0.15, 0.2) is 41.8 Å². The average molecular weight is 508 g/mol. The molecule has 1 N–H and O–H groups in total. The number of benzene rings is 2. The Morgan fingerprint density at radius 2 is 1.94 bits per heavy atom. The molecule has 2 aromatic carbocycles. The number of fused-ring (bicyclic) bond motifs is 1. The van der Waals surface area contributed by atoms with E-state index in [0.29, 0.717) is 18.0 Å². The van der Waals surface area contributed by atoms with Crippen molar-refractivity contribution in [1.82, 2.24) is 4.98 Å². The maximum Gasteiger partial charge on any atom is 0.268 e. The highest BCUT2D eigenvalue weighted by molar-refractivity contribution is 7.09. The molecule has 8 heteroatoms. The van der Waals surface area contributed by atoms with Crippen LogP contribution in [0.1, 0.15) is 43.8 Å². The Morgan fingerprint density at radius 3 is 2.61 bits per heavy atom. The number of methoxy groups -OCH3 is 1. The van der Waals surface area contributed by atoms with Gasteiger partial charge in [0, 0.05) is 30.2 Å². The molecule has 190 valence electrons. The fourth-order valence-electron chi connectivity index (χ4n) is 4.42. The Kier molecular flexibility index (Phi) is 8.06. The van der Waals surface area contributed by atoms with Gasteiger partial charge in [-0.3, -0.25) is 14.5 Å². The molecule has 0 radical (unpaired) electrons. The molecule has 4 rings (SSSR count). The molecule has 0 saturated heterocycles. The lowest BCUT2D eigenvalue weighted by atomic mass is 10.0. The molecule has 0 saturated carbocycles. The smallest absolute Gasteiger partial charge is 0.268 e. The van der Waals surface area contributed by atoms with Crippen molar-refractivity contribution in [3.05, 3.63) is 57.9 Å². The van der Waals surface area contributed by atoms with Crippen LogP contribution in [0, 0.1) is 0 Å². The van der Waals surface area contributed by atoms with Crippen LogP contribution in [-0.4, -0.2) is 42.7 Å². The topological polar surface area (TPSA) is 80.8 Å². The minimum absolute atomic E-state index is 0.236. The van der Waals surface area contributed by atoms with Crippen molar-refractivity contribution < 1.29 is 19.1 Å².